The first-order chi connectivity index (χ1) is 10.4. The minimum absolute atomic E-state index is 0.144. The van der Waals surface area contributed by atoms with Crippen LogP contribution in [0.5, 0.6) is 0 Å². The number of ether oxygens (including phenoxy) is 2. The zero-order valence-corrected chi connectivity index (χ0v) is 14.4. The summed E-state index contributed by atoms with van der Waals surface area (Å²) in [5, 5.41) is 2.76. The molecule has 0 aliphatic heterocycles. The van der Waals surface area contributed by atoms with Crippen LogP contribution in [0.3, 0.4) is 0 Å². The number of carbonyl (C=O) groups excluding carboxylic acids is 1. The van der Waals surface area contributed by atoms with Gasteiger partial charge in [-0.3, -0.25) is 4.84 Å². The second kappa shape index (κ2) is 10.0. The maximum Gasteiger partial charge on any atom is 0.407 e. The quantitative estimate of drug-likeness (QED) is 0.506. The van der Waals surface area contributed by atoms with Crippen molar-refractivity contribution in [2.75, 3.05) is 20.3 Å². The van der Waals surface area contributed by atoms with Gasteiger partial charge in [-0.2, -0.15) is 5.48 Å². The Kier molecular flexibility index (Phi) is 8.75. The highest BCUT2D eigenvalue weighted by Crippen LogP contribution is 2.20. The molecule has 1 fully saturated rings. The molecule has 1 rings (SSSR count). The Morgan fingerprint density at radius 1 is 1.27 bits per heavy atom. The smallest absolute Gasteiger partial charge is 0.407 e. The van der Waals surface area contributed by atoms with E-state index in [0.29, 0.717) is 19.3 Å². The Hall–Kier alpha value is -0.850. The average molecular weight is 316 g/mol. The van der Waals surface area contributed by atoms with Crippen molar-refractivity contribution in [3.8, 4) is 0 Å². The SMILES string of the molecule is COCC(CCCNC(=O)OC(C)(C)C)NOC1CCCC1. The summed E-state index contributed by atoms with van der Waals surface area (Å²) >= 11 is 0. The Labute approximate surface area is 134 Å². The molecule has 0 spiro atoms. The number of rotatable bonds is 9. The van der Waals surface area contributed by atoms with E-state index in [0.717, 1.165) is 25.7 Å². The summed E-state index contributed by atoms with van der Waals surface area (Å²) in [5.41, 5.74) is 2.66. The van der Waals surface area contributed by atoms with Gasteiger partial charge < -0.3 is 14.8 Å². The number of hydroxylamine groups is 1. The lowest BCUT2D eigenvalue weighted by Gasteiger charge is -2.21. The highest BCUT2D eigenvalue weighted by atomic mass is 16.7. The molecule has 1 unspecified atom stereocenters. The third-order valence-corrected chi connectivity index (χ3v) is 3.47. The molecular weight excluding hydrogens is 284 g/mol. The van der Waals surface area contributed by atoms with E-state index in [1.54, 1.807) is 7.11 Å². The van der Waals surface area contributed by atoms with Gasteiger partial charge in [-0.1, -0.05) is 12.8 Å². The van der Waals surface area contributed by atoms with Crippen LogP contribution in [-0.2, 0) is 14.3 Å². The number of amides is 1. The van der Waals surface area contributed by atoms with Crippen molar-refractivity contribution >= 4 is 6.09 Å². The second-order valence-electron chi connectivity index (χ2n) is 6.87. The molecule has 0 aromatic carbocycles. The molecule has 1 aliphatic rings. The highest BCUT2D eigenvalue weighted by Gasteiger charge is 2.18. The number of methoxy groups -OCH3 is 1. The first kappa shape index (κ1) is 19.2. The van der Waals surface area contributed by atoms with Gasteiger partial charge in [-0.25, -0.2) is 4.79 Å². The van der Waals surface area contributed by atoms with Crippen LogP contribution in [0.25, 0.3) is 0 Å². The van der Waals surface area contributed by atoms with Crippen LogP contribution < -0.4 is 10.8 Å². The van der Waals surface area contributed by atoms with Crippen molar-refractivity contribution in [1.82, 2.24) is 10.8 Å². The molecule has 6 nitrogen and oxygen atoms in total. The fourth-order valence-corrected chi connectivity index (χ4v) is 2.43. The van der Waals surface area contributed by atoms with Crippen molar-refractivity contribution in [3.05, 3.63) is 0 Å². The van der Waals surface area contributed by atoms with E-state index >= 15 is 0 Å². The summed E-state index contributed by atoms with van der Waals surface area (Å²) in [6.07, 6.45) is 6.44. The van der Waals surface area contributed by atoms with Crippen molar-refractivity contribution in [2.45, 2.75) is 77.0 Å². The summed E-state index contributed by atoms with van der Waals surface area (Å²) in [6.45, 7) is 6.74. The highest BCUT2D eigenvalue weighted by molar-refractivity contribution is 5.67. The molecule has 0 aromatic rings. The predicted octanol–water partition coefficient (Wildman–Crippen LogP) is 2.77. The fraction of sp³-hybridized carbons (Fsp3) is 0.938. The lowest BCUT2D eigenvalue weighted by atomic mass is 10.2. The molecular formula is C16H32N2O4. The van der Waals surface area contributed by atoms with Crippen molar-refractivity contribution in [2.24, 2.45) is 0 Å². The standard InChI is InChI=1S/C16H32N2O4/c1-16(2,3)21-15(19)17-11-7-8-13(12-20-4)18-22-14-9-5-6-10-14/h13-14,18H,5-12H2,1-4H3,(H,17,19). The fourth-order valence-electron chi connectivity index (χ4n) is 2.43. The molecule has 1 atom stereocenters. The van der Waals surface area contributed by atoms with Gasteiger partial charge in [0.2, 0.25) is 0 Å². The molecule has 0 radical (unpaired) electrons. The van der Waals surface area contributed by atoms with Gasteiger partial charge in [0, 0.05) is 13.7 Å². The van der Waals surface area contributed by atoms with Crippen LogP contribution in [0.2, 0.25) is 0 Å². The van der Waals surface area contributed by atoms with Crippen LogP contribution in [0.1, 0.15) is 59.3 Å². The molecule has 0 saturated heterocycles. The minimum Gasteiger partial charge on any atom is -0.444 e. The number of nitrogens with one attached hydrogen (secondary N) is 2. The van der Waals surface area contributed by atoms with E-state index in [1.807, 2.05) is 20.8 Å². The first-order valence-electron chi connectivity index (χ1n) is 8.27. The van der Waals surface area contributed by atoms with Crippen LogP contribution in [-0.4, -0.2) is 44.1 Å². The lowest BCUT2D eigenvalue weighted by Crippen LogP contribution is -2.37. The van der Waals surface area contributed by atoms with E-state index in [9.17, 15) is 4.79 Å². The van der Waals surface area contributed by atoms with Crippen molar-refractivity contribution in [1.29, 1.82) is 0 Å². The summed E-state index contributed by atoms with van der Waals surface area (Å²) in [5.74, 6) is 0. The topological polar surface area (TPSA) is 68.8 Å². The lowest BCUT2D eigenvalue weighted by molar-refractivity contribution is -0.0542. The monoisotopic (exact) mass is 316 g/mol. The van der Waals surface area contributed by atoms with E-state index in [-0.39, 0.29) is 12.1 Å². The summed E-state index contributed by atoms with van der Waals surface area (Å²) in [6, 6.07) is 0.144. The van der Waals surface area contributed by atoms with Crippen LogP contribution in [0, 0.1) is 0 Å². The number of hydrogen-bond donors (Lipinski definition) is 2. The normalized spacial score (nSPS) is 17.5. The van der Waals surface area contributed by atoms with Gasteiger partial charge in [0.25, 0.3) is 0 Å². The minimum atomic E-state index is -0.459. The molecule has 1 aliphatic carbocycles. The number of carbonyl (C=O) groups is 1. The summed E-state index contributed by atoms with van der Waals surface area (Å²) in [7, 11) is 1.68. The molecule has 2 N–H and O–H groups in total. The zero-order valence-electron chi connectivity index (χ0n) is 14.4. The Morgan fingerprint density at radius 2 is 1.95 bits per heavy atom. The predicted molar refractivity (Wildman–Crippen MR) is 85.6 cm³/mol. The van der Waals surface area contributed by atoms with E-state index in [2.05, 4.69) is 10.8 Å². The molecule has 22 heavy (non-hydrogen) atoms. The molecule has 0 heterocycles. The molecule has 0 bridgehead atoms. The van der Waals surface area contributed by atoms with E-state index < -0.39 is 5.60 Å². The molecule has 1 amide bonds. The zero-order chi connectivity index (χ0) is 16.4. The average Bonchev–Trinajstić information content (AvgIpc) is 2.92. The summed E-state index contributed by atoms with van der Waals surface area (Å²) < 4.78 is 10.4. The third kappa shape index (κ3) is 9.23. The van der Waals surface area contributed by atoms with Gasteiger partial charge >= 0.3 is 6.09 Å². The Morgan fingerprint density at radius 3 is 2.55 bits per heavy atom. The maximum absolute atomic E-state index is 11.5. The largest absolute Gasteiger partial charge is 0.444 e. The number of hydrogen-bond acceptors (Lipinski definition) is 5. The molecule has 6 heteroatoms. The second-order valence-corrected chi connectivity index (χ2v) is 6.87. The Bertz CT molecular complexity index is 312. The van der Waals surface area contributed by atoms with Gasteiger partial charge in [0.1, 0.15) is 5.60 Å². The van der Waals surface area contributed by atoms with Crippen LogP contribution in [0.4, 0.5) is 4.79 Å². The van der Waals surface area contributed by atoms with E-state index in [1.165, 1.54) is 12.8 Å². The van der Waals surface area contributed by atoms with Gasteiger partial charge in [0.15, 0.2) is 0 Å². The summed E-state index contributed by atoms with van der Waals surface area (Å²) in [4.78, 5) is 17.3. The first-order valence-corrected chi connectivity index (χ1v) is 8.27. The van der Waals surface area contributed by atoms with Gasteiger partial charge in [-0.05, 0) is 46.5 Å². The third-order valence-electron chi connectivity index (χ3n) is 3.47. The van der Waals surface area contributed by atoms with Crippen LogP contribution >= 0.6 is 0 Å². The van der Waals surface area contributed by atoms with Crippen LogP contribution in [0.15, 0.2) is 0 Å². The maximum atomic E-state index is 11.5. The van der Waals surface area contributed by atoms with Gasteiger partial charge in [0.05, 0.1) is 18.8 Å². The molecule has 0 aromatic heterocycles. The van der Waals surface area contributed by atoms with E-state index in [4.69, 9.17) is 14.3 Å². The van der Waals surface area contributed by atoms with Crippen molar-refractivity contribution in [3.63, 3.8) is 0 Å². The van der Waals surface area contributed by atoms with Crippen molar-refractivity contribution < 1.29 is 19.1 Å². The number of alkyl carbamates (subject to hydrolysis) is 1. The molecule has 1 saturated carbocycles. The Balaban J connectivity index is 2.13. The molecule has 130 valence electrons. The van der Waals surface area contributed by atoms with Gasteiger partial charge in [-0.15, -0.1) is 0 Å².